The Hall–Kier alpha value is -5.28. The normalized spacial score (nSPS) is 22.0. The minimum absolute atomic E-state index is 0.124. The van der Waals surface area contributed by atoms with Crippen LogP contribution in [-0.2, 0) is 20.7 Å². The number of Topliss-reactive ketones (excluding diaryl/α,β-unsaturated/α-hetero) is 1. The largest absolute Gasteiger partial charge is 0.465 e. The summed E-state index contributed by atoms with van der Waals surface area (Å²) in [5, 5.41) is 15.7. The number of carboxylic acid groups (broad SMARTS) is 1. The fraction of sp³-hybridized carbons (Fsp3) is 0.395. The first-order valence-corrected chi connectivity index (χ1v) is 21.4. The number of amides is 4. The Kier molecular flexibility index (Phi) is 12.5. The Morgan fingerprint density at radius 3 is 2.33 bits per heavy atom. The predicted molar refractivity (Wildman–Crippen MR) is 225 cm³/mol. The number of hydrogen-bond acceptors (Lipinski definition) is 9. The summed E-state index contributed by atoms with van der Waals surface area (Å²) in [6.45, 7) is 4.37. The van der Waals surface area contributed by atoms with Crippen molar-refractivity contribution in [2.75, 3.05) is 32.5 Å². The number of likely N-dealkylation sites (tertiary alicyclic amines) is 2. The lowest BCUT2D eigenvalue weighted by Gasteiger charge is -2.29. The highest BCUT2D eigenvalue weighted by molar-refractivity contribution is 8.21. The Morgan fingerprint density at radius 2 is 1.66 bits per heavy atom. The van der Waals surface area contributed by atoms with Crippen LogP contribution in [0.25, 0.3) is 22.4 Å². The number of benzene rings is 3. The standard InChI is InChI=1S/C43H48N6O7S2/c1-26(2)37(47-41(53)56-3)40(52)48-19-7-10-34(48)38-44-22-33(46-38)30-15-11-28(12-16-30)29-13-17-31(18-14-29)36(50)23-45-39(51)35-21-43(25-49(35)42(54)55)57-24-32(58-43)20-27-8-5-4-6-9-27/h4-6,8-9,11-18,22,26,32,34-35,37H,7,10,19-21,23-25H2,1-3H3,(H,44,46)(H,45,51)(H,47,53)(H,54,55)/t32?,34-,35-,37-,43?/m0/s1. The Labute approximate surface area is 346 Å². The third kappa shape index (κ3) is 9.05. The van der Waals surface area contributed by atoms with Gasteiger partial charge in [-0.2, -0.15) is 0 Å². The summed E-state index contributed by atoms with van der Waals surface area (Å²) >= 11 is 3.50. The van der Waals surface area contributed by atoms with E-state index in [0.29, 0.717) is 29.6 Å². The van der Waals surface area contributed by atoms with Gasteiger partial charge in [0.05, 0.1) is 29.5 Å². The summed E-state index contributed by atoms with van der Waals surface area (Å²) in [4.78, 5) is 75.3. The zero-order valence-electron chi connectivity index (χ0n) is 32.7. The molecule has 4 amide bonds. The molecule has 7 rings (SSSR count). The average molecular weight is 825 g/mol. The minimum Gasteiger partial charge on any atom is -0.465 e. The van der Waals surface area contributed by atoms with Crippen molar-refractivity contribution in [3.63, 3.8) is 0 Å². The predicted octanol–water partition coefficient (Wildman–Crippen LogP) is 6.63. The first-order valence-electron chi connectivity index (χ1n) is 19.5. The second kappa shape index (κ2) is 17.7. The number of H-pyrrole nitrogens is 1. The number of aromatic nitrogens is 2. The van der Waals surface area contributed by atoms with E-state index in [1.54, 1.807) is 40.6 Å². The van der Waals surface area contributed by atoms with Gasteiger partial charge in [-0.3, -0.25) is 19.3 Å². The maximum Gasteiger partial charge on any atom is 0.408 e. The molecule has 1 spiro atoms. The highest BCUT2D eigenvalue weighted by atomic mass is 32.2. The molecule has 304 valence electrons. The molecule has 3 aromatic carbocycles. The number of ketones is 1. The molecule has 0 saturated carbocycles. The summed E-state index contributed by atoms with van der Waals surface area (Å²) in [7, 11) is 1.28. The third-order valence-electron chi connectivity index (χ3n) is 11.0. The number of nitrogens with zero attached hydrogens (tertiary/aromatic N) is 3. The quantitative estimate of drug-likeness (QED) is 0.114. The van der Waals surface area contributed by atoms with Crippen LogP contribution < -0.4 is 10.6 Å². The summed E-state index contributed by atoms with van der Waals surface area (Å²) in [5.41, 5.74) is 5.15. The van der Waals surface area contributed by atoms with E-state index in [0.717, 1.165) is 47.4 Å². The van der Waals surface area contributed by atoms with Gasteiger partial charge in [-0.1, -0.05) is 92.7 Å². The number of imidazole rings is 1. The molecule has 0 aliphatic carbocycles. The molecule has 4 aromatic rings. The second-order valence-electron chi connectivity index (χ2n) is 15.3. The van der Waals surface area contributed by atoms with Crippen LogP contribution in [0.1, 0.15) is 60.9 Å². The van der Waals surface area contributed by atoms with Crippen molar-refractivity contribution in [1.82, 2.24) is 30.4 Å². The van der Waals surface area contributed by atoms with Gasteiger partial charge in [-0.05, 0) is 41.9 Å². The van der Waals surface area contributed by atoms with Crippen molar-refractivity contribution in [2.45, 2.75) is 67.0 Å². The van der Waals surface area contributed by atoms with Gasteiger partial charge < -0.3 is 30.4 Å². The van der Waals surface area contributed by atoms with Gasteiger partial charge >= 0.3 is 12.2 Å². The highest BCUT2D eigenvalue weighted by Gasteiger charge is 2.53. The zero-order chi connectivity index (χ0) is 41.0. The van der Waals surface area contributed by atoms with Crippen LogP contribution in [0.15, 0.2) is 85.1 Å². The highest BCUT2D eigenvalue weighted by Crippen LogP contribution is 2.55. The molecule has 3 saturated heterocycles. The number of alkyl carbamates (subject to hydrolysis) is 1. The Balaban J connectivity index is 0.929. The molecule has 0 radical (unpaired) electrons. The van der Waals surface area contributed by atoms with Crippen molar-refractivity contribution < 1.29 is 33.8 Å². The number of thioether (sulfide) groups is 2. The summed E-state index contributed by atoms with van der Waals surface area (Å²) < 4.78 is 4.35. The van der Waals surface area contributed by atoms with Crippen LogP contribution >= 0.6 is 23.5 Å². The monoisotopic (exact) mass is 824 g/mol. The number of carbonyl (C=O) groups is 5. The maximum atomic E-state index is 13.5. The summed E-state index contributed by atoms with van der Waals surface area (Å²) in [6, 6.07) is 23.5. The van der Waals surface area contributed by atoms with Crippen LogP contribution in [0.2, 0.25) is 0 Å². The molecule has 0 bridgehead atoms. The van der Waals surface area contributed by atoms with Crippen molar-refractivity contribution in [3.05, 3.63) is 102 Å². The molecule has 13 nitrogen and oxygen atoms in total. The molecule has 3 fully saturated rings. The van der Waals surface area contributed by atoms with Crippen LogP contribution in [0, 0.1) is 5.92 Å². The lowest BCUT2D eigenvalue weighted by Crippen LogP contribution is -2.51. The van der Waals surface area contributed by atoms with Crippen molar-refractivity contribution in [3.8, 4) is 22.4 Å². The van der Waals surface area contributed by atoms with E-state index in [1.165, 1.54) is 17.6 Å². The molecule has 3 aliphatic rings. The van der Waals surface area contributed by atoms with E-state index in [2.05, 4.69) is 27.8 Å². The maximum absolute atomic E-state index is 13.5. The van der Waals surface area contributed by atoms with Gasteiger partial charge in [-0.25, -0.2) is 14.6 Å². The van der Waals surface area contributed by atoms with Gasteiger partial charge in [0.2, 0.25) is 11.8 Å². The van der Waals surface area contributed by atoms with Gasteiger partial charge in [-0.15, -0.1) is 23.5 Å². The van der Waals surface area contributed by atoms with Gasteiger partial charge in [0.15, 0.2) is 5.78 Å². The number of rotatable bonds is 12. The SMILES string of the molecule is COC(=O)N[C@H](C(=O)N1CCC[C@H]1c1nc(-c2ccc(-c3ccc(C(=O)CNC(=O)[C@@H]4CC5(CN4C(=O)O)SCC(Cc4ccccc4)S5)cc3)cc2)c[nH]1)C(C)C. The van der Waals surface area contributed by atoms with E-state index in [-0.39, 0.29) is 40.8 Å². The molecule has 3 aliphatic heterocycles. The van der Waals surface area contributed by atoms with Crippen molar-refractivity contribution >= 4 is 53.3 Å². The van der Waals surface area contributed by atoms with Crippen LogP contribution in [0.5, 0.6) is 0 Å². The van der Waals surface area contributed by atoms with E-state index < -0.39 is 30.2 Å². The van der Waals surface area contributed by atoms with Gasteiger partial charge in [0.25, 0.3) is 0 Å². The summed E-state index contributed by atoms with van der Waals surface area (Å²) in [5.74, 6) is 0.558. The minimum atomic E-state index is -1.13. The first kappa shape index (κ1) is 40.9. The average Bonchev–Trinajstić information content (AvgIpc) is 4.06. The molecular weight excluding hydrogens is 777 g/mol. The number of carbonyl (C=O) groups excluding carboxylic acids is 4. The van der Waals surface area contributed by atoms with E-state index in [1.807, 2.05) is 74.6 Å². The molecule has 5 atom stereocenters. The number of hydrogen-bond donors (Lipinski definition) is 4. The van der Waals surface area contributed by atoms with E-state index >= 15 is 0 Å². The second-order valence-corrected chi connectivity index (χ2v) is 18.6. The number of methoxy groups -OCH3 is 1. The fourth-order valence-electron chi connectivity index (χ4n) is 7.98. The molecule has 2 unspecified atom stereocenters. The first-order chi connectivity index (χ1) is 27.9. The molecule has 58 heavy (non-hydrogen) atoms. The van der Waals surface area contributed by atoms with Crippen molar-refractivity contribution in [2.24, 2.45) is 5.92 Å². The van der Waals surface area contributed by atoms with Gasteiger partial charge in [0, 0.05) is 47.8 Å². The fourth-order valence-corrected chi connectivity index (χ4v) is 11.8. The molecule has 1 aromatic heterocycles. The number of ether oxygens (including phenoxy) is 1. The molecule has 4 N–H and O–H groups in total. The van der Waals surface area contributed by atoms with E-state index in [9.17, 15) is 29.1 Å². The zero-order valence-corrected chi connectivity index (χ0v) is 34.3. The Morgan fingerprint density at radius 1 is 0.966 bits per heavy atom. The lowest BCUT2D eigenvalue weighted by atomic mass is 10.0. The van der Waals surface area contributed by atoms with E-state index in [4.69, 9.17) is 9.72 Å². The van der Waals surface area contributed by atoms with Crippen molar-refractivity contribution in [1.29, 1.82) is 0 Å². The smallest absolute Gasteiger partial charge is 0.408 e. The topological polar surface area (TPSA) is 174 Å². The van der Waals surface area contributed by atoms with Crippen LogP contribution in [0.3, 0.4) is 0 Å². The number of nitrogens with one attached hydrogen (secondary N) is 3. The number of aromatic amines is 1. The van der Waals surface area contributed by atoms with Crippen LogP contribution in [0.4, 0.5) is 9.59 Å². The molecule has 4 heterocycles. The molecular formula is C43H48N6O7S2. The summed E-state index contributed by atoms with van der Waals surface area (Å²) in [6.07, 6.45) is 2.92. The third-order valence-corrected chi connectivity index (χ3v) is 14.7. The Bertz CT molecular complexity index is 2130. The van der Waals surface area contributed by atoms with Crippen LogP contribution in [-0.4, -0.2) is 109 Å². The van der Waals surface area contributed by atoms with Gasteiger partial charge in [0.1, 0.15) is 17.9 Å². The molecule has 15 heteroatoms. The lowest BCUT2D eigenvalue weighted by molar-refractivity contribution is -0.135.